The Bertz CT molecular complexity index is 339. The Morgan fingerprint density at radius 3 is 2.62 bits per heavy atom. The number of morpholine rings is 1. The average molecular weight is 228 g/mol. The highest BCUT2D eigenvalue weighted by atomic mass is 16.5. The standard InChI is InChI=1S/C9H12N2O5/c10-9(15)6-5-16-4-3-11(6)7(12)1-2-8(13)14/h1-2,6H,3-5H2,(H2,10,15)(H,13,14)/b2-1+. The molecule has 2 amide bonds. The van der Waals surface area contributed by atoms with Crippen LogP contribution in [0, 0.1) is 0 Å². The zero-order chi connectivity index (χ0) is 12.1. The van der Waals surface area contributed by atoms with Gasteiger partial charge >= 0.3 is 5.97 Å². The van der Waals surface area contributed by atoms with Gasteiger partial charge in [-0.3, -0.25) is 9.59 Å². The molecule has 3 N–H and O–H groups in total. The van der Waals surface area contributed by atoms with Crippen molar-refractivity contribution in [3.8, 4) is 0 Å². The molecule has 7 heteroatoms. The van der Waals surface area contributed by atoms with Crippen molar-refractivity contribution in [1.82, 2.24) is 4.90 Å². The topological polar surface area (TPSA) is 110 Å². The Morgan fingerprint density at radius 2 is 2.06 bits per heavy atom. The van der Waals surface area contributed by atoms with Gasteiger partial charge in [-0.2, -0.15) is 0 Å². The lowest BCUT2D eigenvalue weighted by molar-refractivity contribution is -0.143. The first-order chi connectivity index (χ1) is 7.52. The summed E-state index contributed by atoms with van der Waals surface area (Å²) in [6, 6.07) is -0.834. The molecular weight excluding hydrogens is 216 g/mol. The second-order valence-electron chi connectivity index (χ2n) is 3.20. The fraction of sp³-hybridized carbons (Fsp3) is 0.444. The summed E-state index contributed by atoms with van der Waals surface area (Å²) in [5.74, 6) is -2.46. The number of nitrogens with two attached hydrogens (primary N) is 1. The molecule has 1 fully saturated rings. The third-order valence-electron chi connectivity index (χ3n) is 2.11. The molecule has 0 bridgehead atoms. The number of carbonyl (C=O) groups is 3. The van der Waals surface area contributed by atoms with E-state index in [-0.39, 0.29) is 13.2 Å². The number of carboxylic acid groups (broad SMARTS) is 1. The van der Waals surface area contributed by atoms with Gasteiger partial charge in [0.15, 0.2) is 0 Å². The molecule has 1 aliphatic rings. The number of ether oxygens (including phenoxy) is 1. The molecule has 1 aliphatic heterocycles. The Kier molecular flexibility index (Phi) is 4.01. The van der Waals surface area contributed by atoms with Crippen LogP contribution in [0.5, 0.6) is 0 Å². The maximum Gasteiger partial charge on any atom is 0.328 e. The van der Waals surface area contributed by atoms with E-state index in [9.17, 15) is 14.4 Å². The Labute approximate surface area is 91.5 Å². The first kappa shape index (κ1) is 12.2. The largest absolute Gasteiger partial charge is 0.478 e. The van der Waals surface area contributed by atoms with Crippen molar-refractivity contribution in [2.45, 2.75) is 6.04 Å². The molecule has 0 saturated carbocycles. The maximum absolute atomic E-state index is 11.5. The number of aliphatic carboxylic acids is 1. The maximum atomic E-state index is 11.5. The van der Waals surface area contributed by atoms with Crippen molar-refractivity contribution in [1.29, 1.82) is 0 Å². The SMILES string of the molecule is NC(=O)C1COCCN1C(=O)/C=C/C(=O)O. The highest BCUT2D eigenvalue weighted by Gasteiger charge is 2.30. The normalized spacial score (nSPS) is 21.0. The van der Waals surface area contributed by atoms with Crippen LogP contribution in [0.1, 0.15) is 0 Å². The summed E-state index contributed by atoms with van der Waals surface area (Å²) in [7, 11) is 0. The fourth-order valence-electron chi connectivity index (χ4n) is 1.34. The van der Waals surface area contributed by atoms with Crippen LogP contribution < -0.4 is 5.73 Å². The van der Waals surface area contributed by atoms with E-state index in [2.05, 4.69) is 0 Å². The van der Waals surface area contributed by atoms with Gasteiger partial charge in [0.05, 0.1) is 13.2 Å². The zero-order valence-electron chi connectivity index (χ0n) is 8.46. The van der Waals surface area contributed by atoms with Crippen molar-refractivity contribution >= 4 is 17.8 Å². The molecule has 0 aromatic rings. The Hall–Kier alpha value is -1.89. The Balaban J connectivity index is 2.71. The van der Waals surface area contributed by atoms with Crippen LogP contribution in [0.25, 0.3) is 0 Å². The number of rotatable bonds is 3. The predicted octanol–water partition coefficient (Wildman–Crippen LogP) is -1.66. The lowest BCUT2D eigenvalue weighted by Gasteiger charge is -2.32. The number of hydrogen-bond acceptors (Lipinski definition) is 4. The number of amides is 2. The van der Waals surface area contributed by atoms with Crippen LogP contribution in [0.2, 0.25) is 0 Å². The van der Waals surface area contributed by atoms with Gasteiger partial charge in [-0.05, 0) is 0 Å². The first-order valence-electron chi connectivity index (χ1n) is 4.61. The van der Waals surface area contributed by atoms with E-state index < -0.39 is 23.8 Å². The van der Waals surface area contributed by atoms with Crippen molar-refractivity contribution in [2.75, 3.05) is 19.8 Å². The van der Waals surface area contributed by atoms with E-state index in [1.54, 1.807) is 0 Å². The molecule has 7 nitrogen and oxygen atoms in total. The quantitative estimate of drug-likeness (QED) is 0.562. The fourth-order valence-corrected chi connectivity index (χ4v) is 1.34. The summed E-state index contributed by atoms with van der Waals surface area (Å²) in [6.07, 6.45) is 1.61. The van der Waals surface area contributed by atoms with E-state index >= 15 is 0 Å². The zero-order valence-corrected chi connectivity index (χ0v) is 8.46. The number of hydrogen-bond donors (Lipinski definition) is 2. The minimum atomic E-state index is -1.22. The smallest absolute Gasteiger partial charge is 0.328 e. The molecule has 16 heavy (non-hydrogen) atoms. The van der Waals surface area contributed by atoms with Gasteiger partial charge in [0.2, 0.25) is 11.8 Å². The van der Waals surface area contributed by atoms with Crippen LogP contribution in [-0.4, -0.2) is 53.6 Å². The van der Waals surface area contributed by atoms with Crippen molar-refractivity contribution < 1.29 is 24.2 Å². The van der Waals surface area contributed by atoms with Gasteiger partial charge in [0, 0.05) is 18.7 Å². The minimum absolute atomic E-state index is 0.0436. The molecule has 0 aromatic heterocycles. The monoisotopic (exact) mass is 228 g/mol. The molecule has 88 valence electrons. The summed E-state index contributed by atoms with van der Waals surface area (Å²) in [6.45, 7) is 0.564. The highest BCUT2D eigenvalue weighted by molar-refractivity contribution is 5.96. The molecule has 1 unspecified atom stereocenters. The van der Waals surface area contributed by atoms with Gasteiger partial charge < -0.3 is 20.5 Å². The molecule has 1 atom stereocenters. The molecule has 1 saturated heterocycles. The molecule has 0 aromatic carbocycles. The molecule has 1 rings (SSSR count). The number of carbonyl (C=O) groups excluding carboxylic acids is 2. The van der Waals surface area contributed by atoms with E-state index in [0.29, 0.717) is 6.61 Å². The summed E-state index contributed by atoms with van der Waals surface area (Å²) >= 11 is 0. The van der Waals surface area contributed by atoms with Crippen molar-refractivity contribution in [2.24, 2.45) is 5.73 Å². The minimum Gasteiger partial charge on any atom is -0.478 e. The van der Waals surface area contributed by atoms with Gasteiger partial charge in [-0.25, -0.2) is 4.79 Å². The van der Waals surface area contributed by atoms with Crippen molar-refractivity contribution in [3.63, 3.8) is 0 Å². The second-order valence-corrected chi connectivity index (χ2v) is 3.20. The van der Waals surface area contributed by atoms with Gasteiger partial charge in [0.25, 0.3) is 0 Å². The lowest BCUT2D eigenvalue weighted by atomic mass is 10.2. The molecule has 0 radical (unpaired) electrons. The van der Waals surface area contributed by atoms with Gasteiger partial charge in [-0.15, -0.1) is 0 Å². The molecule has 0 aliphatic carbocycles. The highest BCUT2D eigenvalue weighted by Crippen LogP contribution is 2.07. The van der Waals surface area contributed by atoms with Gasteiger partial charge in [0.1, 0.15) is 6.04 Å². The third kappa shape index (κ3) is 3.06. The second kappa shape index (κ2) is 5.26. The number of carboxylic acids is 1. The summed E-state index contributed by atoms with van der Waals surface area (Å²) in [5, 5.41) is 8.36. The summed E-state index contributed by atoms with van der Waals surface area (Å²) in [5.41, 5.74) is 5.10. The molecule has 1 heterocycles. The number of nitrogens with zero attached hydrogens (tertiary/aromatic N) is 1. The van der Waals surface area contributed by atoms with Crippen LogP contribution in [0.3, 0.4) is 0 Å². The van der Waals surface area contributed by atoms with Gasteiger partial charge in [-0.1, -0.05) is 0 Å². The molecule has 0 spiro atoms. The lowest BCUT2D eigenvalue weighted by Crippen LogP contribution is -2.54. The predicted molar refractivity (Wildman–Crippen MR) is 52.3 cm³/mol. The first-order valence-corrected chi connectivity index (χ1v) is 4.61. The average Bonchev–Trinajstić information content (AvgIpc) is 2.25. The summed E-state index contributed by atoms with van der Waals surface area (Å²) < 4.78 is 5.01. The van der Waals surface area contributed by atoms with E-state index in [1.165, 1.54) is 4.90 Å². The van der Waals surface area contributed by atoms with Crippen LogP contribution in [0.4, 0.5) is 0 Å². The van der Waals surface area contributed by atoms with Crippen LogP contribution in [0.15, 0.2) is 12.2 Å². The van der Waals surface area contributed by atoms with E-state index in [4.69, 9.17) is 15.6 Å². The third-order valence-corrected chi connectivity index (χ3v) is 2.11. The van der Waals surface area contributed by atoms with Crippen LogP contribution >= 0.6 is 0 Å². The van der Waals surface area contributed by atoms with Crippen molar-refractivity contribution in [3.05, 3.63) is 12.2 Å². The summed E-state index contributed by atoms with van der Waals surface area (Å²) in [4.78, 5) is 34.0. The number of primary amides is 1. The molecular formula is C9H12N2O5. The van der Waals surface area contributed by atoms with E-state index in [0.717, 1.165) is 12.2 Å². The van der Waals surface area contributed by atoms with E-state index in [1.807, 2.05) is 0 Å². The Morgan fingerprint density at radius 1 is 1.38 bits per heavy atom. The van der Waals surface area contributed by atoms with Crippen LogP contribution in [-0.2, 0) is 19.1 Å².